The zero-order valence-corrected chi connectivity index (χ0v) is 11.6. The highest BCUT2D eigenvalue weighted by Gasteiger charge is 2.13. The van der Waals surface area contributed by atoms with Crippen molar-refractivity contribution in [2.75, 3.05) is 6.61 Å². The third-order valence-corrected chi connectivity index (χ3v) is 2.75. The highest BCUT2D eigenvalue weighted by atomic mass is 16.6. The average Bonchev–Trinajstić information content (AvgIpc) is 2.54. The third-order valence-electron chi connectivity index (χ3n) is 2.75. The summed E-state index contributed by atoms with van der Waals surface area (Å²) in [6.45, 7) is 0.0612. The Labute approximate surface area is 127 Å². The molecule has 0 fully saturated rings. The molecular formula is C17H13NO4. The highest BCUT2D eigenvalue weighted by molar-refractivity contribution is 5.97. The van der Waals surface area contributed by atoms with Gasteiger partial charge in [0.05, 0.1) is 5.56 Å². The van der Waals surface area contributed by atoms with E-state index in [0.29, 0.717) is 5.75 Å². The van der Waals surface area contributed by atoms with E-state index in [4.69, 9.17) is 21.6 Å². The van der Waals surface area contributed by atoms with Crippen molar-refractivity contribution in [3.8, 4) is 23.8 Å². The maximum Gasteiger partial charge on any atom is 0.343 e. The van der Waals surface area contributed by atoms with E-state index in [1.165, 1.54) is 18.2 Å². The lowest BCUT2D eigenvalue weighted by Gasteiger charge is -2.10. The standard InChI is InChI=1S/C17H13NO4/c1-2-10-21-14-8-3-4-9-15(14)22-17(20)13-7-5-6-12(11-13)16(18)19/h1,3-9,11H,10H2,(H2,18,19). The summed E-state index contributed by atoms with van der Waals surface area (Å²) in [4.78, 5) is 23.3. The summed E-state index contributed by atoms with van der Waals surface area (Å²) >= 11 is 0. The monoisotopic (exact) mass is 295 g/mol. The van der Waals surface area contributed by atoms with Crippen molar-refractivity contribution in [1.29, 1.82) is 0 Å². The number of hydrogen-bond donors (Lipinski definition) is 1. The van der Waals surface area contributed by atoms with Gasteiger partial charge in [-0.05, 0) is 30.3 Å². The summed E-state index contributed by atoms with van der Waals surface area (Å²) in [6, 6.07) is 12.6. The molecule has 0 unspecified atom stereocenters. The minimum absolute atomic E-state index is 0.0612. The minimum Gasteiger partial charge on any atom is -0.477 e. The Balaban J connectivity index is 2.21. The Morgan fingerprint density at radius 3 is 2.41 bits per heavy atom. The number of hydrogen-bond acceptors (Lipinski definition) is 4. The number of nitrogens with two attached hydrogens (primary N) is 1. The van der Waals surface area contributed by atoms with Crippen LogP contribution in [0.2, 0.25) is 0 Å². The maximum absolute atomic E-state index is 12.1. The van der Waals surface area contributed by atoms with Crippen molar-refractivity contribution in [1.82, 2.24) is 0 Å². The molecule has 1 amide bonds. The zero-order valence-electron chi connectivity index (χ0n) is 11.6. The lowest BCUT2D eigenvalue weighted by Crippen LogP contribution is -2.14. The fourth-order valence-corrected chi connectivity index (χ4v) is 1.73. The van der Waals surface area contributed by atoms with Gasteiger partial charge in [-0.25, -0.2) is 4.79 Å². The Morgan fingerprint density at radius 2 is 1.73 bits per heavy atom. The molecule has 0 bridgehead atoms. The molecule has 5 heteroatoms. The Hall–Kier alpha value is -3.26. The van der Waals surface area contributed by atoms with Crippen molar-refractivity contribution in [3.63, 3.8) is 0 Å². The van der Waals surface area contributed by atoms with Gasteiger partial charge in [0, 0.05) is 5.56 Å². The molecule has 2 N–H and O–H groups in total. The van der Waals surface area contributed by atoms with E-state index in [0.717, 1.165) is 0 Å². The molecule has 2 aromatic rings. The first-order chi connectivity index (χ1) is 10.6. The largest absolute Gasteiger partial charge is 0.477 e. The van der Waals surface area contributed by atoms with Gasteiger partial charge in [-0.15, -0.1) is 6.42 Å². The van der Waals surface area contributed by atoms with Gasteiger partial charge in [-0.2, -0.15) is 0 Å². The highest BCUT2D eigenvalue weighted by Crippen LogP contribution is 2.27. The number of primary amides is 1. The average molecular weight is 295 g/mol. The summed E-state index contributed by atoms with van der Waals surface area (Å²) in [6.07, 6.45) is 5.14. The molecule has 2 aromatic carbocycles. The molecule has 0 saturated carbocycles. The Kier molecular flexibility index (Phi) is 4.78. The Bertz CT molecular complexity index is 746. The van der Waals surface area contributed by atoms with Gasteiger partial charge in [0.15, 0.2) is 11.5 Å². The topological polar surface area (TPSA) is 78.6 Å². The summed E-state index contributed by atoms with van der Waals surface area (Å²) in [5.74, 6) is 1.69. The number of carbonyl (C=O) groups excluding carboxylic acids is 2. The van der Waals surface area contributed by atoms with Crippen LogP contribution in [0.4, 0.5) is 0 Å². The quantitative estimate of drug-likeness (QED) is 0.520. The smallest absolute Gasteiger partial charge is 0.343 e. The number of ether oxygens (including phenoxy) is 2. The number of benzene rings is 2. The van der Waals surface area contributed by atoms with Crippen molar-refractivity contribution >= 4 is 11.9 Å². The second kappa shape index (κ2) is 6.95. The lowest BCUT2D eigenvalue weighted by molar-refractivity contribution is 0.0729. The molecule has 0 atom stereocenters. The molecule has 110 valence electrons. The summed E-state index contributed by atoms with van der Waals surface area (Å²) < 4.78 is 10.6. The fraction of sp³-hybridized carbons (Fsp3) is 0.0588. The molecule has 0 heterocycles. The maximum atomic E-state index is 12.1. The van der Waals surface area contributed by atoms with Crippen LogP contribution in [-0.4, -0.2) is 18.5 Å². The summed E-state index contributed by atoms with van der Waals surface area (Å²) in [5.41, 5.74) is 5.62. The van der Waals surface area contributed by atoms with Gasteiger partial charge in [-0.3, -0.25) is 4.79 Å². The number of esters is 1. The lowest BCUT2D eigenvalue weighted by atomic mass is 10.1. The number of terminal acetylenes is 1. The normalized spacial score (nSPS) is 9.59. The van der Waals surface area contributed by atoms with Crippen LogP contribution < -0.4 is 15.2 Å². The van der Waals surface area contributed by atoms with E-state index < -0.39 is 11.9 Å². The first-order valence-electron chi connectivity index (χ1n) is 6.39. The number of amides is 1. The van der Waals surface area contributed by atoms with Crippen molar-refractivity contribution in [2.45, 2.75) is 0 Å². The van der Waals surface area contributed by atoms with Crippen LogP contribution in [0.25, 0.3) is 0 Å². The van der Waals surface area contributed by atoms with Crippen LogP contribution >= 0.6 is 0 Å². The first-order valence-corrected chi connectivity index (χ1v) is 6.39. The van der Waals surface area contributed by atoms with E-state index >= 15 is 0 Å². The molecule has 0 aliphatic rings. The van der Waals surface area contributed by atoms with Crippen LogP contribution in [0.3, 0.4) is 0 Å². The van der Waals surface area contributed by atoms with E-state index in [1.807, 2.05) is 0 Å². The van der Waals surface area contributed by atoms with Gasteiger partial charge in [-0.1, -0.05) is 24.1 Å². The molecule has 0 aliphatic heterocycles. The molecule has 5 nitrogen and oxygen atoms in total. The number of rotatable bonds is 5. The van der Waals surface area contributed by atoms with Crippen molar-refractivity contribution in [2.24, 2.45) is 5.73 Å². The number of carbonyl (C=O) groups is 2. The SMILES string of the molecule is C#CCOc1ccccc1OC(=O)c1cccc(C(N)=O)c1. The van der Waals surface area contributed by atoms with Gasteiger partial charge < -0.3 is 15.2 Å². The van der Waals surface area contributed by atoms with Crippen molar-refractivity contribution in [3.05, 3.63) is 59.7 Å². The van der Waals surface area contributed by atoms with Gasteiger partial charge in [0.2, 0.25) is 5.91 Å². The zero-order chi connectivity index (χ0) is 15.9. The van der Waals surface area contributed by atoms with Crippen LogP contribution in [0.1, 0.15) is 20.7 Å². The number of para-hydroxylation sites is 2. The summed E-state index contributed by atoms with van der Waals surface area (Å²) in [7, 11) is 0. The molecule has 0 aromatic heterocycles. The second-order valence-electron chi connectivity index (χ2n) is 4.27. The van der Waals surface area contributed by atoms with Crippen molar-refractivity contribution < 1.29 is 19.1 Å². The predicted molar refractivity (Wildman–Crippen MR) is 80.7 cm³/mol. The van der Waals surface area contributed by atoms with Crippen LogP contribution in [0.15, 0.2) is 48.5 Å². The van der Waals surface area contributed by atoms with E-state index in [-0.39, 0.29) is 23.5 Å². The molecule has 0 radical (unpaired) electrons. The summed E-state index contributed by atoms with van der Waals surface area (Å²) in [5, 5.41) is 0. The van der Waals surface area contributed by atoms with E-state index in [9.17, 15) is 9.59 Å². The van der Waals surface area contributed by atoms with Gasteiger partial charge >= 0.3 is 5.97 Å². The molecule has 2 rings (SSSR count). The molecule has 22 heavy (non-hydrogen) atoms. The van der Waals surface area contributed by atoms with Crippen LogP contribution in [0.5, 0.6) is 11.5 Å². The fourth-order valence-electron chi connectivity index (χ4n) is 1.73. The second-order valence-corrected chi connectivity index (χ2v) is 4.27. The third kappa shape index (κ3) is 3.64. The minimum atomic E-state index is -0.625. The molecule has 0 saturated heterocycles. The van der Waals surface area contributed by atoms with Crippen LogP contribution in [-0.2, 0) is 0 Å². The molecule has 0 spiro atoms. The van der Waals surface area contributed by atoms with E-state index in [2.05, 4.69) is 5.92 Å². The molecular weight excluding hydrogens is 282 g/mol. The predicted octanol–water partition coefficient (Wildman–Crippen LogP) is 2.02. The molecule has 0 aliphatic carbocycles. The Morgan fingerprint density at radius 1 is 1.05 bits per heavy atom. The van der Waals surface area contributed by atoms with Crippen LogP contribution in [0, 0.1) is 12.3 Å². The first kappa shape index (κ1) is 15.1. The van der Waals surface area contributed by atoms with Gasteiger partial charge in [0.1, 0.15) is 6.61 Å². The van der Waals surface area contributed by atoms with Gasteiger partial charge in [0.25, 0.3) is 0 Å². The van der Waals surface area contributed by atoms with E-state index in [1.54, 1.807) is 30.3 Å².